The monoisotopic (exact) mass is 261 g/mol. The number of benzene rings is 1. The Morgan fingerprint density at radius 3 is 2.56 bits per heavy atom. The molecule has 1 aromatic rings. The van der Waals surface area contributed by atoms with Crippen molar-refractivity contribution in [2.75, 3.05) is 31.2 Å². The van der Waals surface area contributed by atoms with Gasteiger partial charge in [0, 0.05) is 35.7 Å². The van der Waals surface area contributed by atoms with Crippen molar-refractivity contribution in [2.45, 2.75) is 0 Å². The number of carbonyl (C=O) groups excluding carboxylic acids is 1. The minimum atomic E-state index is -0.147. The number of thioether (sulfide) groups is 1. The van der Waals surface area contributed by atoms with E-state index in [0.29, 0.717) is 5.56 Å². The molecule has 0 aliphatic carbocycles. The Morgan fingerprint density at radius 1 is 1.28 bits per heavy atom. The van der Waals surface area contributed by atoms with Gasteiger partial charge in [-0.2, -0.15) is 11.8 Å². The van der Waals surface area contributed by atoms with Crippen molar-refractivity contribution < 1.29 is 9.90 Å². The van der Waals surface area contributed by atoms with Crippen molar-refractivity contribution in [1.29, 1.82) is 0 Å². The Hall–Kier alpha value is -1.44. The number of carbonyl (C=O) groups is 1. The third-order valence-corrected chi connectivity index (χ3v) is 3.68. The maximum Gasteiger partial charge on any atom is 0.253 e. The molecule has 1 amide bonds. The topological polar surface area (TPSA) is 40.5 Å². The molecule has 1 N–H and O–H groups in total. The highest BCUT2D eigenvalue weighted by Gasteiger charge is 2.17. The molecule has 0 unspecified atom stereocenters. The average Bonchev–Trinajstić information content (AvgIpc) is 2.46. The van der Waals surface area contributed by atoms with Gasteiger partial charge >= 0.3 is 0 Å². The Morgan fingerprint density at radius 2 is 1.94 bits per heavy atom. The summed E-state index contributed by atoms with van der Waals surface area (Å²) in [5.74, 6) is 7.53. The standard InChI is InChI=1S/C14H15NO2S/c16-9-1-2-12-3-5-13(6-4-12)14(17)15-7-10-18-11-8-15/h3-6,16H,7-11H2. The van der Waals surface area contributed by atoms with Crippen LogP contribution in [0.2, 0.25) is 0 Å². The van der Waals surface area contributed by atoms with E-state index in [-0.39, 0.29) is 12.5 Å². The maximum atomic E-state index is 12.2. The lowest BCUT2D eigenvalue weighted by atomic mass is 10.1. The fraction of sp³-hybridized carbons (Fsp3) is 0.357. The zero-order valence-corrected chi connectivity index (χ0v) is 10.9. The van der Waals surface area contributed by atoms with E-state index in [0.717, 1.165) is 30.2 Å². The summed E-state index contributed by atoms with van der Waals surface area (Å²) in [6, 6.07) is 7.22. The van der Waals surface area contributed by atoms with Gasteiger partial charge in [-0.05, 0) is 24.3 Å². The van der Waals surface area contributed by atoms with Crippen LogP contribution in [-0.2, 0) is 0 Å². The zero-order chi connectivity index (χ0) is 12.8. The SMILES string of the molecule is O=C(c1ccc(C#CCO)cc1)N1CCSCC1. The maximum absolute atomic E-state index is 12.2. The number of amides is 1. The molecule has 0 saturated carbocycles. The van der Waals surface area contributed by atoms with Gasteiger partial charge in [0.05, 0.1) is 0 Å². The lowest BCUT2D eigenvalue weighted by molar-refractivity contribution is 0.0772. The van der Waals surface area contributed by atoms with Gasteiger partial charge in [0.1, 0.15) is 6.61 Å². The molecule has 1 aliphatic rings. The highest BCUT2D eigenvalue weighted by atomic mass is 32.2. The molecule has 18 heavy (non-hydrogen) atoms. The normalized spacial score (nSPS) is 14.8. The molecular weight excluding hydrogens is 246 g/mol. The van der Waals surface area contributed by atoms with E-state index in [4.69, 9.17) is 5.11 Å². The quantitative estimate of drug-likeness (QED) is 0.773. The Balaban J connectivity index is 2.06. The fourth-order valence-corrected chi connectivity index (χ4v) is 2.69. The number of hydrogen-bond donors (Lipinski definition) is 1. The second-order valence-electron chi connectivity index (χ2n) is 3.94. The first-order valence-electron chi connectivity index (χ1n) is 5.88. The summed E-state index contributed by atoms with van der Waals surface area (Å²) in [4.78, 5) is 14.1. The van der Waals surface area contributed by atoms with E-state index in [1.807, 2.05) is 28.8 Å². The van der Waals surface area contributed by atoms with Gasteiger partial charge in [0.2, 0.25) is 0 Å². The van der Waals surface area contributed by atoms with Gasteiger partial charge in [-0.25, -0.2) is 0 Å². The number of hydrogen-bond acceptors (Lipinski definition) is 3. The lowest BCUT2D eigenvalue weighted by Gasteiger charge is -2.26. The molecule has 94 valence electrons. The predicted molar refractivity (Wildman–Crippen MR) is 73.6 cm³/mol. The number of aliphatic hydroxyl groups excluding tert-OH is 1. The van der Waals surface area contributed by atoms with E-state index < -0.39 is 0 Å². The van der Waals surface area contributed by atoms with Crippen molar-refractivity contribution in [3.63, 3.8) is 0 Å². The van der Waals surface area contributed by atoms with Crippen LogP contribution < -0.4 is 0 Å². The first-order valence-corrected chi connectivity index (χ1v) is 7.03. The molecule has 0 bridgehead atoms. The van der Waals surface area contributed by atoms with Crippen LogP contribution in [0.5, 0.6) is 0 Å². The number of rotatable bonds is 1. The van der Waals surface area contributed by atoms with E-state index in [1.54, 1.807) is 12.1 Å². The third-order valence-electron chi connectivity index (χ3n) is 2.74. The number of aliphatic hydroxyl groups is 1. The third kappa shape index (κ3) is 3.28. The molecule has 0 aromatic heterocycles. The fourth-order valence-electron chi connectivity index (χ4n) is 1.79. The van der Waals surface area contributed by atoms with Gasteiger partial charge < -0.3 is 10.0 Å². The smallest absolute Gasteiger partial charge is 0.253 e. The van der Waals surface area contributed by atoms with E-state index in [1.165, 1.54) is 0 Å². The predicted octanol–water partition coefficient (Wildman–Crippen LogP) is 1.22. The van der Waals surface area contributed by atoms with Crippen molar-refractivity contribution >= 4 is 17.7 Å². The summed E-state index contributed by atoms with van der Waals surface area (Å²) in [6.45, 7) is 1.51. The molecule has 1 saturated heterocycles. The van der Waals surface area contributed by atoms with Crippen LogP contribution in [0.4, 0.5) is 0 Å². The Kier molecular flexibility index (Phi) is 4.68. The largest absolute Gasteiger partial charge is 0.384 e. The average molecular weight is 261 g/mol. The van der Waals surface area contributed by atoms with Gasteiger partial charge in [-0.15, -0.1) is 0 Å². The summed E-state index contributed by atoms with van der Waals surface area (Å²) < 4.78 is 0. The van der Waals surface area contributed by atoms with Crippen molar-refractivity contribution in [3.05, 3.63) is 35.4 Å². The zero-order valence-electron chi connectivity index (χ0n) is 10.1. The molecular formula is C14H15NO2S. The second kappa shape index (κ2) is 6.48. The first kappa shape index (κ1) is 13.0. The summed E-state index contributed by atoms with van der Waals surface area (Å²) >= 11 is 1.89. The van der Waals surface area contributed by atoms with Gasteiger partial charge in [0.15, 0.2) is 0 Å². The second-order valence-corrected chi connectivity index (χ2v) is 5.17. The first-order chi connectivity index (χ1) is 8.81. The van der Waals surface area contributed by atoms with Crippen LogP contribution in [0.1, 0.15) is 15.9 Å². The van der Waals surface area contributed by atoms with Crippen LogP contribution in [-0.4, -0.2) is 47.1 Å². The van der Waals surface area contributed by atoms with Crippen LogP contribution in [0, 0.1) is 11.8 Å². The minimum Gasteiger partial charge on any atom is -0.384 e. The van der Waals surface area contributed by atoms with Crippen molar-refractivity contribution in [1.82, 2.24) is 4.90 Å². The van der Waals surface area contributed by atoms with Crippen molar-refractivity contribution in [2.24, 2.45) is 0 Å². The molecule has 1 aromatic carbocycles. The van der Waals surface area contributed by atoms with E-state index in [9.17, 15) is 4.79 Å². The van der Waals surface area contributed by atoms with Gasteiger partial charge in [-0.1, -0.05) is 11.8 Å². The summed E-state index contributed by atoms with van der Waals surface area (Å²) in [5.41, 5.74) is 1.52. The molecule has 2 rings (SSSR count). The van der Waals surface area contributed by atoms with Gasteiger partial charge in [0.25, 0.3) is 5.91 Å². The lowest BCUT2D eigenvalue weighted by Crippen LogP contribution is -2.37. The summed E-state index contributed by atoms with van der Waals surface area (Å²) in [5, 5.41) is 8.60. The molecule has 3 nitrogen and oxygen atoms in total. The van der Waals surface area contributed by atoms with E-state index >= 15 is 0 Å². The Labute approximate surface area is 111 Å². The van der Waals surface area contributed by atoms with Crippen LogP contribution >= 0.6 is 11.8 Å². The van der Waals surface area contributed by atoms with Crippen LogP contribution in [0.25, 0.3) is 0 Å². The van der Waals surface area contributed by atoms with Crippen molar-refractivity contribution in [3.8, 4) is 11.8 Å². The molecule has 0 radical (unpaired) electrons. The van der Waals surface area contributed by atoms with Crippen LogP contribution in [0.15, 0.2) is 24.3 Å². The molecule has 1 fully saturated rings. The highest BCUT2D eigenvalue weighted by Crippen LogP contribution is 2.13. The summed E-state index contributed by atoms with van der Waals surface area (Å²) in [6.07, 6.45) is 0. The Bertz CT molecular complexity index is 467. The van der Waals surface area contributed by atoms with Gasteiger partial charge in [-0.3, -0.25) is 4.79 Å². The van der Waals surface area contributed by atoms with Crippen LogP contribution in [0.3, 0.4) is 0 Å². The molecule has 0 spiro atoms. The van der Waals surface area contributed by atoms with E-state index in [2.05, 4.69) is 11.8 Å². The molecule has 0 atom stereocenters. The minimum absolute atomic E-state index is 0.0944. The summed E-state index contributed by atoms with van der Waals surface area (Å²) in [7, 11) is 0. The molecule has 1 aliphatic heterocycles. The molecule has 1 heterocycles. The number of nitrogens with zero attached hydrogens (tertiary/aromatic N) is 1. The highest BCUT2D eigenvalue weighted by molar-refractivity contribution is 7.99. The molecule has 4 heteroatoms.